The number of rotatable bonds is 4. The molecule has 4 rings (SSSR count). The fourth-order valence-corrected chi connectivity index (χ4v) is 3.34. The lowest BCUT2D eigenvalue weighted by Crippen LogP contribution is -2.24. The molecule has 27 heavy (non-hydrogen) atoms. The summed E-state index contributed by atoms with van der Waals surface area (Å²) in [6, 6.07) is 7.08. The summed E-state index contributed by atoms with van der Waals surface area (Å²) >= 11 is 0. The molecule has 0 radical (unpaired) electrons. The van der Waals surface area contributed by atoms with Crippen molar-refractivity contribution in [3.63, 3.8) is 0 Å². The van der Waals surface area contributed by atoms with Gasteiger partial charge in [0.25, 0.3) is 5.91 Å². The predicted octanol–water partition coefficient (Wildman–Crippen LogP) is 2.29. The lowest BCUT2D eigenvalue weighted by molar-refractivity contribution is 0.00370. The second kappa shape index (κ2) is 7.32. The lowest BCUT2D eigenvalue weighted by atomic mass is 10.0. The highest BCUT2D eigenvalue weighted by Gasteiger charge is 2.17. The van der Waals surface area contributed by atoms with Crippen LogP contribution in [-0.2, 0) is 11.3 Å². The summed E-state index contributed by atoms with van der Waals surface area (Å²) in [5.41, 5.74) is 8.80. The Balaban J connectivity index is 1.52. The smallest absolute Gasteiger partial charge is 0.278 e. The van der Waals surface area contributed by atoms with E-state index >= 15 is 0 Å². The highest BCUT2D eigenvalue weighted by atomic mass is 16.5. The number of hydrogen-bond donors (Lipinski definition) is 1. The third-order valence-electron chi connectivity index (χ3n) is 4.77. The molecule has 8 heteroatoms. The van der Waals surface area contributed by atoms with Crippen molar-refractivity contribution < 1.29 is 9.53 Å². The maximum Gasteiger partial charge on any atom is 0.278 e. The van der Waals surface area contributed by atoms with E-state index in [1.807, 2.05) is 29.9 Å². The highest BCUT2D eigenvalue weighted by molar-refractivity contribution is 5.96. The molecule has 1 aromatic carbocycles. The average Bonchev–Trinajstić information content (AvgIpc) is 3.31. The number of nitrogens with two attached hydrogens (primary N) is 1. The zero-order valence-corrected chi connectivity index (χ0v) is 15.2. The first-order chi connectivity index (χ1) is 13.1. The fourth-order valence-electron chi connectivity index (χ4n) is 3.34. The first-order valence-electron chi connectivity index (χ1n) is 9.09. The van der Waals surface area contributed by atoms with Crippen LogP contribution in [0.1, 0.15) is 35.2 Å². The number of aromatic nitrogens is 5. The minimum atomic E-state index is -0.223. The molecule has 0 amide bonds. The van der Waals surface area contributed by atoms with Gasteiger partial charge in [-0.05, 0) is 43.9 Å². The van der Waals surface area contributed by atoms with Gasteiger partial charge in [-0.15, -0.1) is 10.2 Å². The van der Waals surface area contributed by atoms with Gasteiger partial charge in [0.2, 0.25) is 0 Å². The molecule has 3 aromatic rings. The van der Waals surface area contributed by atoms with Crippen molar-refractivity contribution in [3.05, 3.63) is 47.8 Å². The van der Waals surface area contributed by atoms with Crippen LogP contribution in [0, 0.1) is 6.92 Å². The van der Waals surface area contributed by atoms with Crippen molar-refractivity contribution in [2.24, 2.45) is 0 Å². The second-order valence-corrected chi connectivity index (χ2v) is 6.83. The summed E-state index contributed by atoms with van der Waals surface area (Å²) in [7, 11) is 0. The van der Waals surface area contributed by atoms with E-state index in [0.29, 0.717) is 17.9 Å². The first-order valence-corrected chi connectivity index (χ1v) is 9.09. The standard InChI is InChI=1S/C19H22N6O2/c1-13-10-14(19(26)25-8-7-18(20)22-25)5-6-16(13)17-12-24(23-21-17)11-15-4-2-3-9-27-15/h5-8,10,12,15H,2-4,9,11H2,1H3,(H2,20,22). The molecule has 140 valence electrons. The van der Waals surface area contributed by atoms with Crippen molar-refractivity contribution in [3.8, 4) is 11.3 Å². The molecule has 1 saturated heterocycles. The summed E-state index contributed by atoms with van der Waals surface area (Å²) in [5, 5.41) is 12.5. The van der Waals surface area contributed by atoms with Crippen molar-refractivity contribution >= 4 is 11.7 Å². The topological polar surface area (TPSA) is 101 Å². The van der Waals surface area contributed by atoms with Crippen molar-refractivity contribution in [2.75, 3.05) is 12.3 Å². The molecule has 0 saturated carbocycles. The Kier molecular flexibility index (Phi) is 4.72. The van der Waals surface area contributed by atoms with Gasteiger partial charge in [-0.3, -0.25) is 4.79 Å². The Hall–Kier alpha value is -3.00. The molecule has 0 aliphatic carbocycles. The van der Waals surface area contributed by atoms with E-state index in [9.17, 15) is 4.79 Å². The summed E-state index contributed by atoms with van der Waals surface area (Å²) in [6.45, 7) is 3.49. The molecule has 1 aliphatic rings. The van der Waals surface area contributed by atoms with Gasteiger partial charge in [0.15, 0.2) is 0 Å². The van der Waals surface area contributed by atoms with Crippen LogP contribution >= 0.6 is 0 Å². The Labute approximate surface area is 156 Å². The quantitative estimate of drug-likeness (QED) is 0.760. The van der Waals surface area contributed by atoms with Crippen LogP contribution in [0.25, 0.3) is 11.3 Å². The van der Waals surface area contributed by atoms with Gasteiger partial charge in [-0.25, -0.2) is 9.36 Å². The molecule has 3 heterocycles. The molecule has 2 N–H and O–H groups in total. The van der Waals surface area contributed by atoms with E-state index in [0.717, 1.165) is 36.3 Å². The number of carbonyl (C=O) groups is 1. The van der Waals surface area contributed by atoms with Crippen LogP contribution in [-0.4, -0.2) is 43.4 Å². The molecule has 1 aliphatic heterocycles. The van der Waals surface area contributed by atoms with E-state index in [2.05, 4.69) is 15.4 Å². The van der Waals surface area contributed by atoms with Crippen LogP contribution in [0.2, 0.25) is 0 Å². The molecule has 1 atom stereocenters. The number of benzene rings is 1. The Morgan fingerprint density at radius 2 is 2.22 bits per heavy atom. The van der Waals surface area contributed by atoms with Gasteiger partial charge in [0.05, 0.1) is 18.8 Å². The van der Waals surface area contributed by atoms with Crippen LogP contribution in [0.5, 0.6) is 0 Å². The summed E-state index contributed by atoms with van der Waals surface area (Å²) in [6.07, 6.45) is 7.08. The van der Waals surface area contributed by atoms with E-state index in [1.165, 1.54) is 11.1 Å². The van der Waals surface area contributed by atoms with Crippen LogP contribution in [0.3, 0.4) is 0 Å². The van der Waals surface area contributed by atoms with E-state index in [4.69, 9.17) is 10.5 Å². The Morgan fingerprint density at radius 1 is 1.33 bits per heavy atom. The summed E-state index contributed by atoms with van der Waals surface area (Å²) < 4.78 is 8.83. The van der Waals surface area contributed by atoms with Crippen molar-refractivity contribution in [2.45, 2.75) is 38.8 Å². The number of anilines is 1. The molecular weight excluding hydrogens is 344 g/mol. The zero-order valence-electron chi connectivity index (χ0n) is 15.2. The average molecular weight is 366 g/mol. The van der Waals surface area contributed by atoms with Gasteiger partial charge in [-0.1, -0.05) is 11.3 Å². The van der Waals surface area contributed by atoms with E-state index < -0.39 is 0 Å². The number of aryl methyl sites for hydroxylation is 1. The molecule has 1 unspecified atom stereocenters. The van der Waals surface area contributed by atoms with Crippen molar-refractivity contribution in [1.29, 1.82) is 0 Å². The highest BCUT2D eigenvalue weighted by Crippen LogP contribution is 2.23. The fraction of sp³-hybridized carbons (Fsp3) is 0.368. The van der Waals surface area contributed by atoms with Gasteiger partial charge >= 0.3 is 0 Å². The largest absolute Gasteiger partial charge is 0.382 e. The van der Waals surface area contributed by atoms with E-state index in [-0.39, 0.29) is 12.0 Å². The van der Waals surface area contributed by atoms with Crippen LogP contribution in [0.4, 0.5) is 5.82 Å². The monoisotopic (exact) mass is 366 g/mol. The Bertz CT molecular complexity index is 955. The van der Waals surface area contributed by atoms with Crippen LogP contribution in [0.15, 0.2) is 36.7 Å². The SMILES string of the molecule is Cc1cc(C(=O)n2ccc(N)n2)ccc1-c1cn(CC2CCCCO2)nn1. The Morgan fingerprint density at radius 3 is 2.93 bits per heavy atom. The lowest BCUT2D eigenvalue weighted by Gasteiger charge is -2.21. The van der Waals surface area contributed by atoms with Gasteiger partial charge in [0, 0.05) is 30.0 Å². The maximum atomic E-state index is 12.5. The number of ether oxygens (including phenoxy) is 1. The predicted molar refractivity (Wildman–Crippen MR) is 100 cm³/mol. The minimum Gasteiger partial charge on any atom is -0.382 e. The third kappa shape index (κ3) is 3.75. The molecular formula is C19H22N6O2. The molecule has 1 fully saturated rings. The number of nitrogens with zero attached hydrogens (tertiary/aromatic N) is 5. The minimum absolute atomic E-state index is 0.205. The summed E-state index contributed by atoms with van der Waals surface area (Å²) in [5.74, 6) is 0.0923. The number of hydrogen-bond acceptors (Lipinski definition) is 6. The number of nitrogen functional groups attached to an aromatic ring is 1. The maximum absolute atomic E-state index is 12.5. The number of carbonyl (C=O) groups excluding carboxylic acids is 1. The molecule has 0 spiro atoms. The summed E-state index contributed by atoms with van der Waals surface area (Å²) in [4.78, 5) is 12.5. The zero-order chi connectivity index (χ0) is 18.8. The molecule has 0 bridgehead atoms. The molecule has 2 aromatic heterocycles. The van der Waals surface area contributed by atoms with Gasteiger partial charge in [-0.2, -0.15) is 0 Å². The van der Waals surface area contributed by atoms with Gasteiger partial charge in [0.1, 0.15) is 11.5 Å². The van der Waals surface area contributed by atoms with E-state index in [1.54, 1.807) is 18.3 Å². The molecule has 8 nitrogen and oxygen atoms in total. The second-order valence-electron chi connectivity index (χ2n) is 6.83. The first kappa shape index (κ1) is 17.4. The normalized spacial score (nSPS) is 17.1. The van der Waals surface area contributed by atoms with Gasteiger partial charge < -0.3 is 10.5 Å². The van der Waals surface area contributed by atoms with Crippen LogP contribution < -0.4 is 5.73 Å². The van der Waals surface area contributed by atoms with Crippen molar-refractivity contribution in [1.82, 2.24) is 24.8 Å². The third-order valence-corrected chi connectivity index (χ3v) is 4.77.